The minimum Gasteiger partial charge on any atom is -0.275 e. The van der Waals surface area contributed by atoms with Crippen molar-refractivity contribution in [2.45, 2.75) is 5.79 Å². The molecule has 8 rings (SSSR count). The first kappa shape index (κ1) is 32.2. The van der Waals surface area contributed by atoms with Crippen LogP contribution in [0.3, 0.4) is 0 Å². The average molecular weight is 729 g/mol. The van der Waals surface area contributed by atoms with E-state index in [2.05, 4.69) is 12.1 Å². The van der Waals surface area contributed by atoms with Gasteiger partial charge in [-0.05, 0) is 24.3 Å². The minimum atomic E-state index is -1.60. The molecule has 1 aromatic heterocycles. The highest BCUT2D eigenvalue weighted by Crippen LogP contribution is 2.50. The van der Waals surface area contributed by atoms with Crippen LogP contribution >= 0.6 is 46.4 Å². The number of nitrogens with zero attached hydrogens (tertiary/aromatic N) is 4. The molecule has 0 fully saturated rings. The van der Waals surface area contributed by atoms with Gasteiger partial charge in [0.2, 0.25) is 0 Å². The molecule has 0 bridgehead atoms. The fraction of sp³-hybridized carbons (Fsp3) is 0.0238. The molecule has 0 aliphatic carbocycles. The van der Waals surface area contributed by atoms with Gasteiger partial charge in [-0.3, -0.25) is 4.57 Å². The zero-order chi connectivity index (χ0) is 34.2. The Bertz CT molecular complexity index is 2350. The summed E-state index contributed by atoms with van der Waals surface area (Å²) in [5.41, 5.74) is 7.54. The van der Waals surface area contributed by atoms with Crippen LogP contribution in [0, 0.1) is 0 Å². The van der Waals surface area contributed by atoms with Crippen molar-refractivity contribution >= 4 is 57.8 Å². The van der Waals surface area contributed by atoms with Crippen molar-refractivity contribution in [3.05, 3.63) is 195 Å². The van der Waals surface area contributed by atoms with E-state index >= 15 is 0 Å². The van der Waals surface area contributed by atoms with E-state index in [9.17, 15) is 0 Å². The second-order valence-corrected chi connectivity index (χ2v) is 13.3. The average Bonchev–Trinajstić information content (AvgIpc) is 3.76. The van der Waals surface area contributed by atoms with Crippen LogP contribution in [0.4, 0.5) is 0 Å². The van der Waals surface area contributed by atoms with E-state index < -0.39 is 5.79 Å². The van der Waals surface area contributed by atoms with Crippen molar-refractivity contribution in [2.24, 2.45) is 9.98 Å². The van der Waals surface area contributed by atoms with Crippen LogP contribution in [0.15, 0.2) is 168 Å². The minimum absolute atomic E-state index is 0.268. The summed E-state index contributed by atoms with van der Waals surface area (Å²) < 4.78 is 2.04. The monoisotopic (exact) mass is 726 g/mol. The lowest BCUT2D eigenvalue weighted by atomic mass is 10.0. The molecule has 1 aliphatic rings. The summed E-state index contributed by atoms with van der Waals surface area (Å²) in [6, 6.07) is 51.2. The quantitative estimate of drug-likeness (QED) is 0.151. The Kier molecular flexibility index (Phi) is 8.64. The van der Waals surface area contributed by atoms with E-state index in [1.165, 1.54) is 0 Å². The molecule has 4 nitrogen and oxygen atoms in total. The normalized spacial score (nSPS) is 13.6. The molecule has 0 unspecified atom stereocenters. The Morgan fingerprint density at radius 3 is 1.50 bits per heavy atom. The molecular formula is C42H26Cl4N4. The Labute approximate surface area is 310 Å². The molecule has 8 heteroatoms. The first-order valence-electron chi connectivity index (χ1n) is 15.9. The molecular weight excluding hydrogens is 702 g/mol. The second kappa shape index (κ2) is 13.4. The molecule has 7 aromatic rings. The molecule has 0 saturated carbocycles. The van der Waals surface area contributed by atoms with Gasteiger partial charge >= 0.3 is 0 Å². The molecule has 50 heavy (non-hydrogen) atoms. The fourth-order valence-electron chi connectivity index (χ4n) is 6.38. The SMILES string of the molecule is Clc1cc(Cl)c(Cl)c(C2(n3c(-c4ccccc4Cl)nc(-c4ccccc4)c3-c3ccccc3)N=C(c3ccccc3)C(c3ccccc3)=N2)c1. The van der Waals surface area contributed by atoms with Gasteiger partial charge in [-0.2, -0.15) is 0 Å². The smallest absolute Gasteiger partial charge is 0.263 e. The highest BCUT2D eigenvalue weighted by atomic mass is 35.5. The van der Waals surface area contributed by atoms with Crippen molar-refractivity contribution in [3.8, 4) is 33.9 Å². The third-order valence-electron chi connectivity index (χ3n) is 8.61. The lowest BCUT2D eigenvalue weighted by Gasteiger charge is -2.31. The summed E-state index contributed by atoms with van der Waals surface area (Å²) in [7, 11) is 0. The number of aromatic nitrogens is 2. The fourth-order valence-corrected chi connectivity index (χ4v) is 7.33. The third kappa shape index (κ3) is 5.65. The molecule has 0 saturated heterocycles. The third-order valence-corrected chi connectivity index (χ3v) is 9.96. The Hall–Kier alpha value is -4.97. The van der Waals surface area contributed by atoms with Gasteiger partial charge in [0.1, 0.15) is 5.82 Å². The van der Waals surface area contributed by atoms with E-state index in [0.29, 0.717) is 38.4 Å². The zero-order valence-corrected chi connectivity index (χ0v) is 29.3. The van der Waals surface area contributed by atoms with Gasteiger partial charge in [-0.1, -0.05) is 180 Å². The summed E-state index contributed by atoms with van der Waals surface area (Å²) in [6.07, 6.45) is 0. The van der Waals surface area contributed by atoms with Crippen LogP contribution in [0.2, 0.25) is 20.1 Å². The highest BCUT2D eigenvalue weighted by molar-refractivity contribution is 6.54. The molecule has 1 aliphatic heterocycles. The van der Waals surface area contributed by atoms with Crippen molar-refractivity contribution < 1.29 is 0 Å². The molecule has 0 spiro atoms. The van der Waals surface area contributed by atoms with E-state index in [0.717, 1.165) is 33.6 Å². The first-order chi connectivity index (χ1) is 24.4. The Morgan fingerprint density at radius 2 is 0.960 bits per heavy atom. The summed E-state index contributed by atoms with van der Waals surface area (Å²) in [5, 5.41) is 1.44. The second-order valence-electron chi connectivity index (χ2n) is 11.7. The molecule has 0 atom stereocenters. The van der Waals surface area contributed by atoms with Crippen LogP contribution in [-0.4, -0.2) is 21.0 Å². The van der Waals surface area contributed by atoms with E-state index in [1.807, 2.05) is 138 Å². The number of halogens is 4. The van der Waals surface area contributed by atoms with Crippen LogP contribution in [-0.2, 0) is 5.79 Å². The van der Waals surface area contributed by atoms with E-state index in [1.54, 1.807) is 12.1 Å². The first-order valence-corrected chi connectivity index (χ1v) is 17.4. The molecule has 242 valence electrons. The van der Waals surface area contributed by atoms with Gasteiger partial charge in [-0.25, -0.2) is 15.0 Å². The highest BCUT2D eigenvalue weighted by Gasteiger charge is 2.47. The van der Waals surface area contributed by atoms with Crippen molar-refractivity contribution in [3.63, 3.8) is 0 Å². The zero-order valence-electron chi connectivity index (χ0n) is 26.3. The molecule has 2 heterocycles. The van der Waals surface area contributed by atoms with Crippen molar-refractivity contribution in [1.29, 1.82) is 0 Å². The lowest BCUT2D eigenvalue weighted by molar-refractivity contribution is 0.409. The maximum absolute atomic E-state index is 7.24. The predicted molar refractivity (Wildman–Crippen MR) is 208 cm³/mol. The summed E-state index contributed by atoms with van der Waals surface area (Å²) >= 11 is 27.9. The number of imidazole rings is 1. The van der Waals surface area contributed by atoms with Gasteiger partial charge in [0.05, 0.1) is 37.9 Å². The Morgan fingerprint density at radius 1 is 0.480 bits per heavy atom. The van der Waals surface area contributed by atoms with Crippen molar-refractivity contribution in [2.75, 3.05) is 0 Å². The van der Waals surface area contributed by atoms with Gasteiger partial charge in [-0.15, -0.1) is 0 Å². The maximum Gasteiger partial charge on any atom is 0.263 e. The summed E-state index contributed by atoms with van der Waals surface area (Å²) in [5.74, 6) is -1.06. The van der Waals surface area contributed by atoms with Crippen LogP contribution in [0.1, 0.15) is 16.7 Å². The maximum atomic E-state index is 7.24. The van der Waals surface area contributed by atoms with E-state index in [4.69, 9.17) is 61.4 Å². The number of hydrogen-bond acceptors (Lipinski definition) is 3. The van der Waals surface area contributed by atoms with Crippen LogP contribution in [0.25, 0.3) is 33.9 Å². The van der Waals surface area contributed by atoms with Crippen LogP contribution in [0.5, 0.6) is 0 Å². The summed E-state index contributed by atoms with van der Waals surface area (Å²) in [4.78, 5) is 16.7. The van der Waals surface area contributed by atoms with E-state index in [-0.39, 0.29) is 10.0 Å². The number of aliphatic imine (C=N–C) groups is 2. The van der Waals surface area contributed by atoms with Gasteiger partial charge in [0.15, 0.2) is 0 Å². The molecule has 0 amide bonds. The van der Waals surface area contributed by atoms with Crippen LogP contribution < -0.4 is 0 Å². The molecule has 0 radical (unpaired) electrons. The van der Waals surface area contributed by atoms with Crippen molar-refractivity contribution in [1.82, 2.24) is 9.55 Å². The van der Waals surface area contributed by atoms with Gasteiger partial charge in [0.25, 0.3) is 5.79 Å². The molecule has 0 N–H and O–H groups in total. The predicted octanol–water partition coefficient (Wildman–Crippen LogP) is 12.1. The van der Waals surface area contributed by atoms with Gasteiger partial charge < -0.3 is 0 Å². The topological polar surface area (TPSA) is 42.5 Å². The number of hydrogen-bond donors (Lipinski definition) is 0. The lowest BCUT2D eigenvalue weighted by Crippen LogP contribution is -2.32. The number of benzene rings is 6. The molecule has 6 aromatic carbocycles. The summed E-state index contributed by atoms with van der Waals surface area (Å²) in [6.45, 7) is 0. The Balaban J connectivity index is 1.61. The standard InChI is InChI=1S/C42H26Cl4N4/c43-31-25-33(36(46)35(45)26-31)42(48-37(27-15-5-1-6-16-27)38(49-42)28-17-7-2-8-18-28)50-40(30-21-11-4-12-22-30)39(29-19-9-3-10-20-29)47-41(50)32-23-13-14-24-34(32)44/h1-26H. The van der Waals surface area contributed by atoms with Gasteiger partial charge in [0, 0.05) is 38.4 Å². The number of rotatable bonds is 7. The largest absolute Gasteiger partial charge is 0.275 e.